The first-order valence-corrected chi connectivity index (χ1v) is 9.36. The zero-order valence-corrected chi connectivity index (χ0v) is 14.6. The Morgan fingerprint density at radius 3 is 2.95 bits per heavy atom. The highest BCUT2D eigenvalue weighted by Gasteiger charge is 2.14. The van der Waals surface area contributed by atoms with Crippen LogP contribution >= 0.6 is 27.5 Å². The number of hydrogen-bond donors (Lipinski definition) is 0. The van der Waals surface area contributed by atoms with Gasteiger partial charge in [0.25, 0.3) is 0 Å². The summed E-state index contributed by atoms with van der Waals surface area (Å²) in [6.45, 7) is 2.76. The van der Waals surface area contributed by atoms with E-state index in [0.29, 0.717) is 12.3 Å². The summed E-state index contributed by atoms with van der Waals surface area (Å²) in [5.74, 6) is 1.47. The molecule has 2 atom stereocenters. The second kappa shape index (κ2) is 7.00. The lowest BCUT2D eigenvalue weighted by molar-refractivity contribution is 0.608. The van der Waals surface area contributed by atoms with Crippen LogP contribution in [-0.2, 0) is 23.8 Å². The van der Waals surface area contributed by atoms with E-state index in [0.717, 1.165) is 34.4 Å². The van der Waals surface area contributed by atoms with Crippen molar-refractivity contribution in [3.63, 3.8) is 0 Å². The van der Waals surface area contributed by atoms with E-state index in [9.17, 15) is 4.21 Å². The molecule has 0 aromatic carbocycles. The van der Waals surface area contributed by atoms with Crippen LogP contribution in [0.25, 0.3) is 11.2 Å². The number of nitrogens with zero attached hydrogens (tertiary/aromatic N) is 3. The summed E-state index contributed by atoms with van der Waals surface area (Å²) in [4.78, 5) is 9.04. The SMILES string of the molecule is CC(CCn1c(CCCl)nc2cc(Br)cnc21)S(C)=O. The minimum Gasteiger partial charge on any atom is -0.313 e. The maximum Gasteiger partial charge on any atom is 0.160 e. The van der Waals surface area contributed by atoms with Crippen molar-refractivity contribution in [3.8, 4) is 0 Å². The number of alkyl halides is 1. The van der Waals surface area contributed by atoms with Crippen molar-refractivity contribution in [1.82, 2.24) is 14.5 Å². The zero-order valence-electron chi connectivity index (χ0n) is 11.5. The third-order valence-corrected chi connectivity index (χ3v) is 5.27. The van der Waals surface area contributed by atoms with Crippen LogP contribution in [0.15, 0.2) is 16.7 Å². The molecule has 2 heterocycles. The monoisotopic (exact) mass is 377 g/mol. The molecule has 4 nitrogen and oxygen atoms in total. The molecule has 0 aliphatic rings. The number of rotatable bonds is 6. The van der Waals surface area contributed by atoms with Gasteiger partial charge in [-0.3, -0.25) is 4.21 Å². The van der Waals surface area contributed by atoms with Crippen LogP contribution < -0.4 is 0 Å². The fourth-order valence-corrected chi connectivity index (χ4v) is 2.95. The topological polar surface area (TPSA) is 47.8 Å². The summed E-state index contributed by atoms with van der Waals surface area (Å²) in [6.07, 6.45) is 5.05. The highest BCUT2D eigenvalue weighted by atomic mass is 79.9. The van der Waals surface area contributed by atoms with E-state index < -0.39 is 10.8 Å². The highest BCUT2D eigenvalue weighted by molar-refractivity contribution is 9.10. The number of hydrogen-bond acceptors (Lipinski definition) is 3. The first kappa shape index (κ1) is 15.9. The number of halogens is 2. The third-order valence-electron chi connectivity index (χ3n) is 3.27. The number of pyridine rings is 1. The molecule has 0 bridgehead atoms. The molecular formula is C13H17BrClN3OS. The Kier molecular flexibility index (Phi) is 5.57. The molecule has 0 aliphatic heterocycles. The van der Waals surface area contributed by atoms with Crippen LogP contribution in [-0.4, -0.2) is 36.1 Å². The van der Waals surface area contributed by atoms with E-state index in [4.69, 9.17) is 11.6 Å². The fraction of sp³-hybridized carbons (Fsp3) is 0.538. The number of aryl methyl sites for hydroxylation is 2. The molecule has 0 saturated heterocycles. The summed E-state index contributed by atoms with van der Waals surface area (Å²) in [5.41, 5.74) is 1.73. The zero-order chi connectivity index (χ0) is 14.7. The molecule has 110 valence electrons. The van der Waals surface area contributed by atoms with E-state index >= 15 is 0 Å². The lowest BCUT2D eigenvalue weighted by Crippen LogP contribution is -2.14. The summed E-state index contributed by atoms with van der Waals surface area (Å²) >= 11 is 9.26. The van der Waals surface area contributed by atoms with E-state index in [-0.39, 0.29) is 5.25 Å². The molecule has 0 aliphatic carbocycles. The maximum absolute atomic E-state index is 11.5. The number of imidazole rings is 1. The van der Waals surface area contributed by atoms with Gasteiger partial charge in [0.2, 0.25) is 0 Å². The summed E-state index contributed by atoms with van der Waals surface area (Å²) in [7, 11) is -0.807. The Morgan fingerprint density at radius 2 is 2.30 bits per heavy atom. The standard InChI is InChI=1S/C13H17BrClN3OS/c1-9(20(2)19)4-6-18-12(3-5-15)17-11-7-10(14)8-16-13(11)18/h7-9H,3-6H2,1-2H3. The van der Waals surface area contributed by atoms with Crippen LogP contribution in [0.1, 0.15) is 19.2 Å². The molecular weight excluding hydrogens is 362 g/mol. The van der Waals surface area contributed by atoms with Crippen molar-refractivity contribution in [3.05, 3.63) is 22.6 Å². The maximum atomic E-state index is 11.5. The third kappa shape index (κ3) is 3.59. The predicted octanol–water partition coefficient (Wildman–Crippen LogP) is 3.13. The van der Waals surface area contributed by atoms with Crippen LogP contribution in [0, 0.1) is 0 Å². The normalized spacial score (nSPS) is 14.6. The van der Waals surface area contributed by atoms with E-state index in [1.807, 2.05) is 13.0 Å². The van der Waals surface area contributed by atoms with Gasteiger partial charge >= 0.3 is 0 Å². The van der Waals surface area contributed by atoms with E-state index in [1.165, 1.54) is 0 Å². The minimum absolute atomic E-state index is 0.159. The smallest absolute Gasteiger partial charge is 0.160 e. The van der Waals surface area contributed by atoms with Crippen molar-refractivity contribution in [2.24, 2.45) is 0 Å². The van der Waals surface area contributed by atoms with Crippen LogP contribution in [0.2, 0.25) is 0 Å². The molecule has 0 radical (unpaired) electrons. The fourth-order valence-electron chi connectivity index (χ4n) is 2.02. The number of fused-ring (bicyclic) bond motifs is 1. The first-order chi connectivity index (χ1) is 9.52. The first-order valence-electron chi connectivity index (χ1n) is 6.41. The Bertz CT molecular complexity index is 631. The Labute approximate surface area is 134 Å². The molecule has 2 unspecified atom stereocenters. The van der Waals surface area contributed by atoms with Gasteiger partial charge in [-0.15, -0.1) is 11.6 Å². The molecule has 0 amide bonds. The minimum atomic E-state index is -0.807. The molecule has 0 N–H and O–H groups in total. The van der Waals surface area contributed by atoms with Gasteiger partial charge in [-0.1, -0.05) is 6.92 Å². The quantitative estimate of drug-likeness (QED) is 0.726. The summed E-state index contributed by atoms with van der Waals surface area (Å²) in [6, 6.07) is 1.96. The van der Waals surface area contributed by atoms with Crippen molar-refractivity contribution < 1.29 is 4.21 Å². The largest absolute Gasteiger partial charge is 0.313 e. The molecule has 2 aromatic heterocycles. The molecule has 0 fully saturated rings. The molecule has 2 aromatic rings. The Morgan fingerprint density at radius 1 is 1.55 bits per heavy atom. The second-order valence-electron chi connectivity index (χ2n) is 4.71. The number of aromatic nitrogens is 3. The average molecular weight is 379 g/mol. The molecule has 0 spiro atoms. The Hall–Kier alpha value is -0.460. The van der Waals surface area contributed by atoms with Gasteiger partial charge in [0.1, 0.15) is 11.3 Å². The molecule has 2 rings (SSSR count). The van der Waals surface area contributed by atoms with Gasteiger partial charge in [-0.05, 0) is 28.4 Å². The van der Waals surface area contributed by atoms with Crippen molar-refractivity contribution in [2.75, 3.05) is 12.1 Å². The lowest BCUT2D eigenvalue weighted by atomic mass is 10.3. The van der Waals surface area contributed by atoms with Crippen molar-refractivity contribution in [2.45, 2.75) is 31.6 Å². The van der Waals surface area contributed by atoms with Crippen molar-refractivity contribution >= 4 is 49.5 Å². The van der Waals surface area contributed by atoms with Gasteiger partial charge in [0.05, 0.1) is 0 Å². The second-order valence-corrected chi connectivity index (χ2v) is 7.81. The summed E-state index contributed by atoms with van der Waals surface area (Å²) in [5, 5.41) is 0.159. The molecule has 7 heteroatoms. The van der Waals surface area contributed by atoms with E-state index in [2.05, 4.69) is 30.5 Å². The van der Waals surface area contributed by atoms with Gasteiger partial charge in [0, 0.05) is 51.8 Å². The molecule has 20 heavy (non-hydrogen) atoms. The van der Waals surface area contributed by atoms with Crippen LogP contribution in [0.3, 0.4) is 0 Å². The predicted molar refractivity (Wildman–Crippen MR) is 87.8 cm³/mol. The van der Waals surface area contributed by atoms with Gasteiger partial charge in [0.15, 0.2) is 5.65 Å². The van der Waals surface area contributed by atoms with Gasteiger partial charge in [-0.2, -0.15) is 0 Å². The van der Waals surface area contributed by atoms with E-state index in [1.54, 1.807) is 12.5 Å². The van der Waals surface area contributed by atoms with Crippen LogP contribution in [0.4, 0.5) is 0 Å². The highest BCUT2D eigenvalue weighted by Crippen LogP contribution is 2.20. The van der Waals surface area contributed by atoms with Gasteiger partial charge < -0.3 is 4.57 Å². The molecule has 0 saturated carbocycles. The summed E-state index contributed by atoms with van der Waals surface area (Å²) < 4.78 is 14.5. The van der Waals surface area contributed by atoms with Crippen molar-refractivity contribution in [1.29, 1.82) is 0 Å². The van der Waals surface area contributed by atoms with Crippen LogP contribution in [0.5, 0.6) is 0 Å². The Balaban J connectivity index is 2.33. The lowest BCUT2D eigenvalue weighted by Gasteiger charge is -2.11. The average Bonchev–Trinajstić information content (AvgIpc) is 2.72. The van der Waals surface area contributed by atoms with Gasteiger partial charge in [-0.25, -0.2) is 9.97 Å².